The monoisotopic (exact) mass is 130 g/mol. The van der Waals surface area contributed by atoms with Crippen molar-refractivity contribution < 1.29 is 9.47 Å². The fraction of sp³-hybridized carbons (Fsp3) is 1.00. The van der Waals surface area contributed by atoms with Gasteiger partial charge >= 0.3 is 0 Å². The molecule has 0 aliphatic carbocycles. The van der Waals surface area contributed by atoms with Gasteiger partial charge in [-0.2, -0.15) is 0 Å². The summed E-state index contributed by atoms with van der Waals surface area (Å²) in [5.41, 5.74) is 0. The number of hydrogen-bond acceptors (Lipinski definition) is 2. The van der Waals surface area contributed by atoms with Gasteiger partial charge in [0.2, 0.25) is 0 Å². The predicted molar refractivity (Wildman–Crippen MR) is 35.4 cm³/mol. The Morgan fingerprint density at radius 2 is 2.33 bits per heavy atom. The molecule has 1 aliphatic rings. The Kier molecular flexibility index (Phi) is 2.49. The second-order valence-electron chi connectivity index (χ2n) is 2.27. The first-order valence-corrected chi connectivity index (χ1v) is 3.61. The molecule has 0 radical (unpaired) electrons. The minimum absolute atomic E-state index is 0.356. The molecule has 1 fully saturated rings. The lowest BCUT2D eigenvalue weighted by Crippen LogP contribution is -2.18. The Labute approximate surface area is 56.2 Å². The molecule has 0 N–H and O–H groups in total. The second kappa shape index (κ2) is 3.18. The molecule has 0 saturated carbocycles. The van der Waals surface area contributed by atoms with Crippen molar-refractivity contribution in [2.45, 2.75) is 32.5 Å². The first-order valence-electron chi connectivity index (χ1n) is 3.61. The van der Waals surface area contributed by atoms with E-state index >= 15 is 0 Å². The van der Waals surface area contributed by atoms with Gasteiger partial charge in [-0.25, -0.2) is 0 Å². The minimum Gasteiger partial charge on any atom is -0.376 e. The van der Waals surface area contributed by atoms with Crippen LogP contribution in [0.25, 0.3) is 0 Å². The third-order valence-corrected chi connectivity index (χ3v) is 1.56. The summed E-state index contributed by atoms with van der Waals surface area (Å²) in [5, 5.41) is 0. The molecule has 0 aromatic carbocycles. The molecule has 54 valence electrons. The topological polar surface area (TPSA) is 21.8 Å². The highest BCUT2D eigenvalue weighted by Crippen LogP contribution is 2.18. The fourth-order valence-corrected chi connectivity index (χ4v) is 0.972. The van der Waals surface area contributed by atoms with E-state index in [0.717, 1.165) is 19.6 Å². The van der Waals surface area contributed by atoms with Crippen LogP contribution in [0.1, 0.15) is 20.3 Å². The molecule has 2 nitrogen and oxygen atoms in total. The number of ether oxygens (including phenoxy) is 2. The van der Waals surface area contributed by atoms with Crippen LogP contribution in [0.3, 0.4) is 0 Å². The second-order valence-corrected chi connectivity index (χ2v) is 2.27. The van der Waals surface area contributed by atoms with Gasteiger partial charge in [-0.1, -0.05) is 6.92 Å². The molecule has 1 rings (SSSR count). The van der Waals surface area contributed by atoms with Crippen LogP contribution < -0.4 is 0 Å². The highest BCUT2D eigenvalue weighted by Gasteiger charge is 2.31. The average Bonchev–Trinajstić information content (AvgIpc) is 2.64. The first-order chi connectivity index (χ1) is 4.38. The largest absolute Gasteiger partial charge is 0.376 e. The van der Waals surface area contributed by atoms with Crippen molar-refractivity contribution in [3.63, 3.8) is 0 Å². The zero-order chi connectivity index (χ0) is 6.69. The molecule has 0 amide bonds. The van der Waals surface area contributed by atoms with Crippen LogP contribution in [0.4, 0.5) is 0 Å². The van der Waals surface area contributed by atoms with Gasteiger partial charge in [-0.15, -0.1) is 0 Å². The summed E-state index contributed by atoms with van der Waals surface area (Å²) in [6.07, 6.45) is 1.84. The van der Waals surface area contributed by atoms with Crippen LogP contribution in [0.5, 0.6) is 0 Å². The van der Waals surface area contributed by atoms with E-state index in [-0.39, 0.29) is 0 Å². The lowest BCUT2D eigenvalue weighted by atomic mass is 10.2. The third kappa shape index (κ3) is 1.95. The Morgan fingerprint density at radius 3 is 2.67 bits per heavy atom. The van der Waals surface area contributed by atoms with Crippen LogP contribution in [0.2, 0.25) is 0 Å². The van der Waals surface area contributed by atoms with Gasteiger partial charge in [0.1, 0.15) is 6.10 Å². The minimum atomic E-state index is 0.356. The summed E-state index contributed by atoms with van der Waals surface area (Å²) in [5.74, 6) is 0. The summed E-state index contributed by atoms with van der Waals surface area (Å²) < 4.78 is 10.5. The van der Waals surface area contributed by atoms with E-state index in [2.05, 4.69) is 6.92 Å². The fourth-order valence-electron chi connectivity index (χ4n) is 0.972. The predicted octanol–water partition coefficient (Wildman–Crippen LogP) is 1.20. The van der Waals surface area contributed by atoms with Crippen molar-refractivity contribution in [2.75, 3.05) is 13.2 Å². The van der Waals surface area contributed by atoms with Gasteiger partial charge < -0.3 is 9.47 Å². The van der Waals surface area contributed by atoms with Gasteiger partial charge in [-0.05, 0) is 13.3 Å². The molecular formula is C7H14O2. The van der Waals surface area contributed by atoms with E-state index in [4.69, 9.17) is 9.47 Å². The van der Waals surface area contributed by atoms with Crippen LogP contribution in [0, 0.1) is 0 Å². The van der Waals surface area contributed by atoms with E-state index < -0.39 is 0 Å². The van der Waals surface area contributed by atoms with E-state index in [9.17, 15) is 0 Å². The zero-order valence-electron chi connectivity index (χ0n) is 6.09. The number of rotatable bonds is 4. The molecule has 9 heavy (non-hydrogen) atoms. The highest BCUT2D eigenvalue weighted by atomic mass is 16.6. The quantitative estimate of drug-likeness (QED) is 0.533. The molecule has 2 unspecified atom stereocenters. The van der Waals surface area contributed by atoms with E-state index in [0.29, 0.717) is 12.2 Å². The lowest BCUT2D eigenvalue weighted by molar-refractivity contribution is 0.0393. The van der Waals surface area contributed by atoms with Crippen molar-refractivity contribution in [3.05, 3.63) is 0 Å². The van der Waals surface area contributed by atoms with Gasteiger partial charge in [-0.3, -0.25) is 0 Å². The van der Waals surface area contributed by atoms with Crippen molar-refractivity contribution in [3.8, 4) is 0 Å². The summed E-state index contributed by atoms with van der Waals surface area (Å²) in [6.45, 7) is 5.85. The van der Waals surface area contributed by atoms with Crippen molar-refractivity contribution in [1.82, 2.24) is 0 Å². The molecule has 1 heterocycles. The van der Waals surface area contributed by atoms with E-state index in [1.807, 2.05) is 6.92 Å². The molecular weight excluding hydrogens is 116 g/mol. The maximum atomic E-state index is 5.39. The van der Waals surface area contributed by atoms with Crippen molar-refractivity contribution in [2.24, 2.45) is 0 Å². The molecule has 2 heteroatoms. The Morgan fingerprint density at radius 1 is 1.67 bits per heavy atom. The molecule has 1 saturated heterocycles. The maximum absolute atomic E-state index is 5.39. The lowest BCUT2D eigenvalue weighted by Gasteiger charge is -2.10. The van der Waals surface area contributed by atoms with E-state index in [1.165, 1.54) is 0 Å². The first kappa shape index (κ1) is 7.03. The summed E-state index contributed by atoms with van der Waals surface area (Å²) in [6, 6.07) is 0. The Hall–Kier alpha value is -0.0800. The highest BCUT2D eigenvalue weighted by molar-refractivity contribution is 4.78. The van der Waals surface area contributed by atoms with E-state index in [1.54, 1.807) is 0 Å². The molecule has 0 spiro atoms. The zero-order valence-corrected chi connectivity index (χ0v) is 6.09. The Balaban J connectivity index is 2.12. The molecule has 0 aromatic rings. The van der Waals surface area contributed by atoms with Crippen LogP contribution >= 0.6 is 0 Å². The van der Waals surface area contributed by atoms with Crippen LogP contribution in [-0.2, 0) is 9.47 Å². The van der Waals surface area contributed by atoms with Crippen molar-refractivity contribution >= 4 is 0 Å². The normalized spacial score (nSPS) is 28.0. The van der Waals surface area contributed by atoms with Gasteiger partial charge in [0.05, 0.1) is 12.7 Å². The van der Waals surface area contributed by atoms with Gasteiger partial charge in [0.15, 0.2) is 0 Å². The smallest absolute Gasteiger partial charge is 0.107 e. The Bertz CT molecular complexity index is 79.0. The molecule has 0 bridgehead atoms. The summed E-state index contributed by atoms with van der Waals surface area (Å²) in [7, 11) is 0. The molecule has 2 atom stereocenters. The molecule has 1 aliphatic heterocycles. The SMILES string of the molecule is CCOC(CC)C1CO1. The van der Waals surface area contributed by atoms with Crippen LogP contribution in [0.15, 0.2) is 0 Å². The summed E-state index contributed by atoms with van der Waals surface area (Å²) in [4.78, 5) is 0. The maximum Gasteiger partial charge on any atom is 0.107 e. The third-order valence-electron chi connectivity index (χ3n) is 1.56. The van der Waals surface area contributed by atoms with Gasteiger partial charge in [0, 0.05) is 6.61 Å². The van der Waals surface area contributed by atoms with Crippen LogP contribution in [-0.4, -0.2) is 25.4 Å². The number of hydrogen-bond donors (Lipinski definition) is 0. The standard InChI is InChI=1S/C7H14O2/c1-3-6(8-4-2)7-5-9-7/h6-7H,3-5H2,1-2H3. The summed E-state index contributed by atoms with van der Waals surface area (Å²) >= 11 is 0. The molecule has 0 aromatic heterocycles. The number of epoxide rings is 1. The van der Waals surface area contributed by atoms with Crippen molar-refractivity contribution in [1.29, 1.82) is 0 Å². The average molecular weight is 130 g/mol. The van der Waals surface area contributed by atoms with Gasteiger partial charge in [0.25, 0.3) is 0 Å².